The third kappa shape index (κ3) is 3.06. The summed E-state index contributed by atoms with van der Waals surface area (Å²) < 4.78 is 2.03. The lowest BCUT2D eigenvalue weighted by Crippen LogP contribution is -2.44. The second-order valence-electron chi connectivity index (χ2n) is 4.62. The van der Waals surface area contributed by atoms with E-state index in [1.54, 1.807) is 6.92 Å². The Balaban J connectivity index is 1.75. The van der Waals surface area contributed by atoms with Crippen LogP contribution < -0.4 is 5.32 Å². The van der Waals surface area contributed by atoms with Crippen LogP contribution in [0.1, 0.15) is 25.6 Å². The van der Waals surface area contributed by atoms with E-state index in [0.29, 0.717) is 6.04 Å². The van der Waals surface area contributed by atoms with E-state index in [0.717, 1.165) is 38.3 Å². The van der Waals surface area contributed by atoms with Crippen molar-refractivity contribution in [1.82, 2.24) is 19.8 Å². The molecule has 17 heavy (non-hydrogen) atoms. The molecule has 0 aliphatic carbocycles. The second kappa shape index (κ2) is 5.31. The first-order valence-corrected chi connectivity index (χ1v) is 6.12. The van der Waals surface area contributed by atoms with Gasteiger partial charge in [0.1, 0.15) is 5.82 Å². The Hall–Kier alpha value is -1.36. The van der Waals surface area contributed by atoms with Crippen LogP contribution in [0.5, 0.6) is 0 Å². The molecular formula is C12H20N4O. The van der Waals surface area contributed by atoms with Crippen molar-refractivity contribution >= 4 is 5.91 Å². The van der Waals surface area contributed by atoms with Crippen molar-refractivity contribution in [3.8, 4) is 0 Å². The van der Waals surface area contributed by atoms with Crippen molar-refractivity contribution in [2.24, 2.45) is 7.05 Å². The van der Waals surface area contributed by atoms with Crippen molar-refractivity contribution in [1.29, 1.82) is 0 Å². The van der Waals surface area contributed by atoms with Crippen LogP contribution in [0.3, 0.4) is 0 Å². The number of aromatic nitrogens is 2. The fraction of sp³-hybridized carbons (Fsp3) is 0.667. The molecule has 1 N–H and O–H groups in total. The molecule has 1 fully saturated rings. The van der Waals surface area contributed by atoms with E-state index in [-0.39, 0.29) is 5.91 Å². The predicted octanol–water partition coefficient (Wildman–Crippen LogP) is 0.521. The standard InChI is InChI=1S/C12H20N4O/c1-10(17)16-6-3-11(4-7-16)14-9-12-13-5-8-15(12)2/h5,8,11,14H,3-4,6-7,9H2,1-2H3. The summed E-state index contributed by atoms with van der Waals surface area (Å²) in [5, 5.41) is 3.50. The van der Waals surface area contributed by atoms with Crippen molar-refractivity contribution < 1.29 is 4.79 Å². The normalized spacial score (nSPS) is 17.4. The van der Waals surface area contributed by atoms with Gasteiger partial charge < -0.3 is 14.8 Å². The van der Waals surface area contributed by atoms with Gasteiger partial charge in [0.2, 0.25) is 5.91 Å². The highest BCUT2D eigenvalue weighted by Crippen LogP contribution is 2.10. The van der Waals surface area contributed by atoms with E-state index in [1.165, 1.54) is 0 Å². The van der Waals surface area contributed by atoms with Crippen LogP contribution in [0.25, 0.3) is 0 Å². The minimum atomic E-state index is 0.188. The number of aryl methyl sites for hydroxylation is 1. The molecule has 1 aromatic rings. The molecule has 1 aromatic heterocycles. The SMILES string of the molecule is CC(=O)N1CCC(NCc2nccn2C)CC1. The number of imidazole rings is 1. The highest BCUT2D eigenvalue weighted by atomic mass is 16.2. The first-order chi connectivity index (χ1) is 8.16. The maximum Gasteiger partial charge on any atom is 0.219 e. The molecule has 94 valence electrons. The van der Waals surface area contributed by atoms with Gasteiger partial charge in [-0.15, -0.1) is 0 Å². The fourth-order valence-electron chi connectivity index (χ4n) is 2.20. The van der Waals surface area contributed by atoms with E-state index < -0.39 is 0 Å². The Morgan fingerprint density at radius 1 is 1.53 bits per heavy atom. The number of amides is 1. The number of hydrogen-bond donors (Lipinski definition) is 1. The molecule has 0 unspecified atom stereocenters. The average molecular weight is 236 g/mol. The second-order valence-corrected chi connectivity index (χ2v) is 4.62. The van der Waals surface area contributed by atoms with Gasteiger partial charge in [0, 0.05) is 45.5 Å². The molecule has 0 radical (unpaired) electrons. The predicted molar refractivity (Wildman–Crippen MR) is 65.3 cm³/mol. The van der Waals surface area contributed by atoms with Gasteiger partial charge in [-0.1, -0.05) is 0 Å². The maximum atomic E-state index is 11.2. The number of hydrogen-bond acceptors (Lipinski definition) is 3. The smallest absolute Gasteiger partial charge is 0.219 e. The van der Waals surface area contributed by atoms with Crippen LogP contribution in [0.4, 0.5) is 0 Å². The highest BCUT2D eigenvalue weighted by molar-refractivity contribution is 5.73. The molecule has 1 amide bonds. The van der Waals surface area contributed by atoms with Crippen LogP contribution in [0.2, 0.25) is 0 Å². The zero-order valence-corrected chi connectivity index (χ0v) is 10.5. The molecule has 0 bridgehead atoms. The summed E-state index contributed by atoms with van der Waals surface area (Å²) >= 11 is 0. The molecule has 0 spiro atoms. The third-order valence-corrected chi connectivity index (χ3v) is 3.41. The van der Waals surface area contributed by atoms with E-state index in [1.807, 2.05) is 28.9 Å². The Labute approximate surface area is 102 Å². The molecule has 2 heterocycles. The van der Waals surface area contributed by atoms with Gasteiger partial charge in [-0.05, 0) is 12.8 Å². The number of nitrogens with one attached hydrogen (secondary N) is 1. The summed E-state index contributed by atoms with van der Waals surface area (Å²) in [5.74, 6) is 1.24. The lowest BCUT2D eigenvalue weighted by atomic mass is 10.1. The molecule has 0 atom stereocenters. The van der Waals surface area contributed by atoms with E-state index in [2.05, 4.69) is 10.3 Å². The number of likely N-dealkylation sites (tertiary alicyclic amines) is 1. The van der Waals surface area contributed by atoms with Gasteiger partial charge in [0.25, 0.3) is 0 Å². The zero-order chi connectivity index (χ0) is 12.3. The number of carbonyl (C=O) groups is 1. The molecule has 5 nitrogen and oxygen atoms in total. The van der Waals surface area contributed by atoms with E-state index in [9.17, 15) is 4.79 Å². The van der Waals surface area contributed by atoms with Crippen LogP contribution >= 0.6 is 0 Å². The van der Waals surface area contributed by atoms with Crippen LogP contribution in [-0.4, -0.2) is 39.5 Å². The van der Waals surface area contributed by atoms with Crippen molar-refractivity contribution in [2.75, 3.05) is 13.1 Å². The number of carbonyl (C=O) groups excluding carboxylic acids is 1. The lowest BCUT2D eigenvalue weighted by Gasteiger charge is -2.31. The monoisotopic (exact) mass is 236 g/mol. The van der Waals surface area contributed by atoms with Crippen LogP contribution in [0.15, 0.2) is 12.4 Å². The quantitative estimate of drug-likeness (QED) is 0.832. The average Bonchev–Trinajstić information content (AvgIpc) is 2.73. The van der Waals surface area contributed by atoms with Gasteiger partial charge in [-0.25, -0.2) is 4.98 Å². The molecule has 0 aromatic carbocycles. The highest BCUT2D eigenvalue weighted by Gasteiger charge is 2.20. The summed E-state index contributed by atoms with van der Waals surface area (Å²) in [6.07, 6.45) is 5.83. The van der Waals surface area contributed by atoms with Crippen LogP contribution in [0, 0.1) is 0 Å². The molecule has 1 aliphatic rings. The summed E-state index contributed by atoms with van der Waals surface area (Å²) in [5.41, 5.74) is 0. The van der Waals surface area contributed by atoms with Crippen molar-refractivity contribution in [2.45, 2.75) is 32.4 Å². The Morgan fingerprint density at radius 2 is 2.24 bits per heavy atom. The van der Waals surface area contributed by atoms with Gasteiger partial charge in [-0.2, -0.15) is 0 Å². The van der Waals surface area contributed by atoms with Gasteiger partial charge in [-0.3, -0.25) is 4.79 Å². The van der Waals surface area contributed by atoms with Crippen LogP contribution in [-0.2, 0) is 18.4 Å². The van der Waals surface area contributed by atoms with E-state index >= 15 is 0 Å². The summed E-state index contributed by atoms with van der Waals surface area (Å²) in [6, 6.07) is 0.502. The maximum absolute atomic E-state index is 11.2. The fourth-order valence-corrected chi connectivity index (χ4v) is 2.20. The molecule has 5 heteroatoms. The first kappa shape index (κ1) is 12.1. The Kier molecular flexibility index (Phi) is 3.78. The molecule has 1 aliphatic heterocycles. The van der Waals surface area contributed by atoms with Gasteiger partial charge in [0.15, 0.2) is 0 Å². The number of rotatable bonds is 3. The molecule has 2 rings (SSSR count). The molecular weight excluding hydrogens is 216 g/mol. The number of nitrogens with zero attached hydrogens (tertiary/aromatic N) is 3. The summed E-state index contributed by atoms with van der Waals surface area (Å²) in [4.78, 5) is 17.4. The van der Waals surface area contributed by atoms with Crippen molar-refractivity contribution in [3.05, 3.63) is 18.2 Å². The van der Waals surface area contributed by atoms with Crippen molar-refractivity contribution in [3.63, 3.8) is 0 Å². The first-order valence-electron chi connectivity index (χ1n) is 6.12. The summed E-state index contributed by atoms with van der Waals surface area (Å²) in [6.45, 7) is 4.18. The minimum Gasteiger partial charge on any atom is -0.343 e. The topological polar surface area (TPSA) is 50.2 Å². The third-order valence-electron chi connectivity index (χ3n) is 3.41. The van der Waals surface area contributed by atoms with E-state index in [4.69, 9.17) is 0 Å². The van der Waals surface area contributed by atoms with Gasteiger partial charge >= 0.3 is 0 Å². The number of piperidine rings is 1. The molecule has 1 saturated heterocycles. The Bertz CT molecular complexity index is 380. The molecule has 0 saturated carbocycles. The Morgan fingerprint density at radius 3 is 2.76 bits per heavy atom. The van der Waals surface area contributed by atoms with Gasteiger partial charge in [0.05, 0.1) is 6.54 Å². The largest absolute Gasteiger partial charge is 0.343 e. The zero-order valence-electron chi connectivity index (χ0n) is 10.5. The lowest BCUT2D eigenvalue weighted by molar-refractivity contribution is -0.129. The minimum absolute atomic E-state index is 0.188. The summed E-state index contributed by atoms with van der Waals surface area (Å²) in [7, 11) is 2.00.